The predicted octanol–water partition coefficient (Wildman–Crippen LogP) is 3.41. The van der Waals surface area contributed by atoms with Crippen molar-refractivity contribution in [3.05, 3.63) is 40.6 Å². The second-order valence-electron chi connectivity index (χ2n) is 2.89. The number of benzene rings is 1. The van der Waals surface area contributed by atoms with Crippen molar-refractivity contribution in [2.45, 2.75) is 6.92 Å². The highest BCUT2D eigenvalue weighted by atomic mass is 79.9. The Morgan fingerprint density at radius 1 is 1.31 bits per heavy atom. The Morgan fingerprint density at radius 3 is 2.77 bits per heavy atom. The molecule has 0 N–H and O–H groups in total. The molecule has 0 unspecified atom stereocenters. The summed E-state index contributed by atoms with van der Waals surface area (Å²) in [4.78, 5) is 0. The van der Waals surface area contributed by atoms with Crippen molar-refractivity contribution in [3.8, 4) is 11.3 Å². The molecule has 0 spiro atoms. The van der Waals surface area contributed by atoms with Crippen LogP contribution in [0.4, 0.5) is 0 Å². The van der Waals surface area contributed by atoms with Gasteiger partial charge in [-0.1, -0.05) is 28.9 Å². The maximum atomic E-state index is 4.93. The SMILES string of the molecule is Cc1cccc(-c2cc(Br)on2)c1. The van der Waals surface area contributed by atoms with Crippen molar-refractivity contribution in [1.29, 1.82) is 0 Å². The van der Waals surface area contributed by atoms with E-state index < -0.39 is 0 Å². The van der Waals surface area contributed by atoms with Crippen LogP contribution in [0.15, 0.2) is 39.5 Å². The Labute approximate surface area is 84.7 Å². The number of hydrogen-bond acceptors (Lipinski definition) is 2. The number of nitrogens with zero attached hydrogens (tertiary/aromatic N) is 1. The zero-order chi connectivity index (χ0) is 9.26. The summed E-state index contributed by atoms with van der Waals surface area (Å²) in [5.74, 6) is 0. The molecule has 0 saturated carbocycles. The minimum absolute atomic E-state index is 0.656. The standard InChI is InChI=1S/C10H8BrNO/c1-7-3-2-4-8(5-7)9-6-10(11)13-12-9/h2-6H,1H3. The van der Waals surface area contributed by atoms with Gasteiger partial charge in [0.2, 0.25) is 4.67 Å². The highest BCUT2D eigenvalue weighted by molar-refractivity contribution is 9.10. The van der Waals surface area contributed by atoms with Gasteiger partial charge in [-0.25, -0.2) is 0 Å². The van der Waals surface area contributed by atoms with E-state index in [1.54, 1.807) is 0 Å². The highest BCUT2D eigenvalue weighted by Gasteiger charge is 2.03. The Kier molecular flexibility index (Phi) is 2.19. The van der Waals surface area contributed by atoms with Gasteiger partial charge in [0.05, 0.1) is 0 Å². The summed E-state index contributed by atoms with van der Waals surface area (Å²) in [6.45, 7) is 2.05. The van der Waals surface area contributed by atoms with Gasteiger partial charge in [-0.15, -0.1) is 0 Å². The monoisotopic (exact) mass is 237 g/mol. The third kappa shape index (κ3) is 1.80. The number of halogens is 1. The van der Waals surface area contributed by atoms with Gasteiger partial charge >= 0.3 is 0 Å². The van der Waals surface area contributed by atoms with Crippen molar-refractivity contribution in [2.75, 3.05) is 0 Å². The molecule has 0 bridgehead atoms. The average molecular weight is 238 g/mol. The molecule has 1 heterocycles. The van der Waals surface area contributed by atoms with Crippen LogP contribution in [0.3, 0.4) is 0 Å². The lowest BCUT2D eigenvalue weighted by molar-refractivity contribution is 0.402. The van der Waals surface area contributed by atoms with E-state index in [2.05, 4.69) is 40.1 Å². The van der Waals surface area contributed by atoms with Gasteiger partial charge in [0.15, 0.2) is 0 Å². The van der Waals surface area contributed by atoms with E-state index in [9.17, 15) is 0 Å². The summed E-state index contributed by atoms with van der Waals surface area (Å²) < 4.78 is 5.58. The van der Waals surface area contributed by atoms with Crippen LogP contribution in [0.2, 0.25) is 0 Å². The summed E-state index contributed by atoms with van der Waals surface area (Å²) in [7, 11) is 0. The molecule has 0 aliphatic carbocycles. The molecule has 0 atom stereocenters. The Hall–Kier alpha value is -1.09. The largest absolute Gasteiger partial charge is 0.349 e. The lowest BCUT2D eigenvalue weighted by Crippen LogP contribution is -1.77. The van der Waals surface area contributed by atoms with Crippen LogP contribution in [0, 0.1) is 6.92 Å². The number of hydrogen-bond donors (Lipinski definition) is 0. The molecule has 1 aromatic carbocycles. The Bertz CT molecular complexity index is 422. The van der Waals surface area contributed by atoms with Crippen molar-refractivity contribution in [3.63, 3.8) is 0 Å². The second-order valence-corrected chi connectivity index (χ2v) is 3.67. The fraction of sp³-hybridized carbons (Fsp3) is 0.100. The highest BCUT2D eigenvalue weighted by Crippen LogP contribution is 2.22. The van der Waals surface area contributed by atoms with Crippen molar-refractivity contribution < 1.29 is 4.52 Å². The molecule has 2 rings (SSSR count). The summed E-state index contributed by atoms with van der Waals surface area (Å²) in [5.41, 5.74) is 3.15. The van der Waals surface area contributed by atoms with E-state index in [4.69, 9.17) is 4.52 Å². The summed E-state index contributed by atoms with van der Waals surface area (Å²) in [6.07, 6.45) is 0. The van der Waals surface area contributed by atoms with E-state index >= 15 is 0 Å². The van der Waals surface area contributed by atoms with Crippen LogP contribution in [0.1, 0.15) is 5.56 Å². The molecule has 2 aromatic rings. The van der Waals surface area contributed by atoms with Crippen LogP contribution in [0.5, 0.6) is 0 Å². The first-order valence-electron chi connectivity index (χ1n) is 3.95. The van der Waals surface area contributed by atoms with Crippen LogP contribution < -0.4 is 0 Å². The molecule has 0 fully saturated rings. The van der Waals surface area contributed by atoms with Crippen LogP contribution in [-0.4, -0.2) is 5.16 Å². The van der Waals surface area contributed by atoms with Gasteiger partial charge in [-0.2, -0.15) is 0 Å². The van der Waals surface area contributed by atoms with Gasteiger partial charge in [0.1, 0.15) is 5.69 Å². The van der Waals surface area contributed by atoms with Gasteiger partial charge in [0, 0.05) is 11.6 Å². The molecular formula is C10H8BrNO. The Morgan fingerprint density at radius 2 is 2.15 bits per heavy atom. The molecule has 3 heteroatoms. The third-order valence-electron chi connectivity index (χ3n) is 1.80. The first kappa shape index (κ1) is 8.51. The normalized spacial score (nSPS) is 10.3. The minimum Gasteiger partial charge on any atom is -0.349 e. The molecule has 2 nitrogen and oxygen atoms in total. The van der Waals surface area contributed by atoms with Crippen molar-refractivity contribution in [2.24, 2.45) is 0 Å². The summed E-state index contributed by atoms with van der Waals surface area (Å²) in [5, 5.41) is 3.91. The molecular weight excluding hydrogens is 230 g/mol. The molecule has 0 amide bonds. The van der Waals surface area contributed by atoms with E-state index in [1.807, 2.05) is 18.2 Å². The van der Waals surface area contributed by atoms with Gasteiger partial charge < -0.3 is 4.52 Å². The summed E-state index contributed by atoms with van der Waals surface area (Å²) in [6, 6.07) is 10.0. The average Bonchev–Trinajstić information content (AvgIpc) is 2.52. The first-order chi connectivity index (χ1) is 6.25. The van der Waals surface area contributed by atoms with Crippen molar-refractivity contribution >= 4 is 15.9 Å². The zero-order valence-corrected chi connectivity index (χ0v) is 8.71. The number of rotatable bonds is 1. The van der Waals surface area contributed by atoms with Gasteiger partial charge in [-0.05, 0) is 28.9 Å². The van der Waals surface area contributed by atoms with E-state index in [0.29, 0.717) is 4.67 Å². The molecule has 0 aliphatic rings. The minimum atomic E-state index is 0.656. The molecule has 1 aromatic heterocycles. The zero-order valence-electron chi connectivity index (χ0n) is 7.12. The first-order valence-corrected chi connectivity index (χ1v) is 4.74. The summed E-state index contributed by atoms with van der Waals surface area (Å²) >= 11 is 3.22. The Balaban J connectivity index is 2.46. The number of aryl methyl sites for hydroxylation is 1. The number of aromatic nitrogens is 1. The van der Waals surface area contributed by atoms with Gasteiger partial charge in [0.25, 0.3) is 0 Å². The fourth-order valence-electron chi connectivity index (χ4n) is 1.19. The third-order valence-corrected chi connectivity index (χ3v) is 2.17. The molecule has 0 radical (unpaired) electrons. The van der Waals surface area contributed by atoms with E-state index in [0.717, 1.165) is 11.3 Å². The van der Waals surface area contributed by atoms with E-state index in [-0.39, 0.29) is 0 Å². The molecule has 0 saturated heterocycles. The quantitative estimate of drug-likeness (QED) is 0.760. The van der Waals surface area contributed by atoms with Crippen LogP contribution >= 0.6 is 15.9 Å². The predicted molar refractivity (Wildman–Crippen MR) is 54.4 cm³/mol. The lowest BCUT2D eigenvalue weighted by Gasteiger charge is -1.95. The molecule has 0 aliphatic heterocycles. The smallest absolute Gasteiger partial charge is 0.202 e. The van der Waals surface area contributed by atoms with Crippen molar-refractivity contribution in [1.82, 2.24) is 5.16 Å². The van der Waals surface area contributed by atoms with E-state index in [1.165, 1.54) is 5.56 Å². The molecule has 66 valence electrons. The van der Waals surface area contributed by atoms with Crippen LogP contribution in [-0.2, 0) is 0 Å². The fourth-order valence-corrected chi connectivity index (χ4v) is 1.48. The maximum Gasteiger partial charge on any atom is 0.202 e. The second kappa shape index (κ2) is 3.34. The van der Waals surface area contributed by atoms with Gasteiger partial charge in [-0.3, -0.25) is 0 Å². The maximum absolute atomic E-state index is 4.93. The topological polar surface area (TPSA) is 26.0 Å². The lowest BCUT2D eigenvalue weighted by atomic mass is 10.1. The molecule has 13 heavy (non-hydrogen) atoms. The van der Waals surface area contributed by atoms with Crippen LogP contribution in [0.25, 0.3) is 11.3 Å².